The number of hydrogen-bond acceptors (Lipinski definition) is 3. The van der Waals surface area contributed by atoms with Gasteiger partial charge in [-0.3, -0.25) is 0 Å². The van der Waals surface area contributed by atoms with Gasteiger partial charge in [0.05, 0.1) is 30.7 Å². The van der Waals surface area contributed by atoms with Crippen LogP contribution in [0.3, 0.4) is 0 Å². The first-order valence-electron chi connectivity index (χ1n) is 9.51. The van der Waals surface area contributed by atoms with E-state index in [1.165, 1.54) is 0 Å². The Morgan fingerprint density at radius 3 is 2.42 bits per heavy atom. The molecule has 0 unspecified atom stereocenters. The van der Waals surface area contributed by atoms with Crippen LogP contribution in [0, 0.1) is 11.6 Å². The third-order valence-corrected chi connectivity index (χ3v) is 4.73. The SMILES string of the molecule is COc1c(F)cc(NC(=O)NCc2cc(C(C)(C)C)nn2-c2cccc(Cl)c2)cc1F. The molecule has 0 bridgehead atoms. The normalized spacial score (nSPS) is 11.3. The molecule has 0 saturated heterocycles. The molecular weight excluding hydrogens is 426 g/mol. The Morgan fingerprint density at radius 1 is 1.16 bits per heavy atom. The second-order valence-corrected chi connectivity index (χ2v) is 8.38. The van der Waals surface area contributed by atoms with Crippen LogP contribution in [0.25, 0.3) is 5.69 Å². The van der Waals surface area contributed by atoms with Gasteiger partial charge in [-0.05, 0) is 24.3 Å². The van der Waals surface area contributed by atoms with E-state index in [0.29, 0.717) is 5.02 Å². The molecule has 0 aliphatic carbocycles. The molecule has 0 saturated carbocycles. The summed E-state index contributed by atoms with van der Waals surface area (Å²) in [7, 11) is 1.16. The summed E-state index contributed by atoms with van der Waals surface area (Å²) >= 11 is 6.12. The minimum Gasteiger partial charge on any atom is -0.491 e. The van der Waals surface area contributed by atoms with Crippen molar-refractivity contribution in [1.82, 2.24) is 15.1 Å². The van der Waals surface area contributed by atoms with Crippen LogP contribution in [0.4, 0.5) is 19.3 Å². The van der Waals surface area contributed by atoms with Gasteiger partial charge in [-0.25, -0.2) is 18.3 Å². The summed E-state index contributed by atoms with van der Waals surface area (Å²) in [5, 5.41) is 10.3. The largest absolute Gasteiger partial charge is 0.491 e. The van der Waals surface area contributed by atoms with Gasteiger partial charge in [0.2, 0.25) is 0 Å². The van der Waals surface area contributed by atoms with Crippen molar-refractivity contribution in [2.75, 3.05) is 12.4 Å². The van der Waals surface area contributed by atoms with Crippen molar-refractivity contribution in [3.8, 4) is 11.4 Å². The molecule has 3 rings (SSSR count). The molecule has 1 aromatic heterocycles. The van der Waals surface area contributed by atoms with Crippen LogP contribution >= 0.6 is 11.6 Å². The number of aromatic nitrogens is 2. The highest BCUT2D eigenvalue weighted by atomic mass is 35.5. The first-order chi connectivity index (χ1) is 14.6. The number of carbonyl (C=O) groups is 1. The molecule has 2 N–H and O–H groups in total. The monoisotopic (exact) mass is 448 g/mol. The van der Waals surface area contributed by atoms with E-state index >= 15 is 0 Å². The van der Waals surface area contributed by atoms with Crippen molar-refractivity contribution < 1.29 is 18.3 Å². The maximum Gasteiger partial charge on any atom is 0.319 e. The van der Waals surface area contributed by atoms with E-state index in [1.54, 1.807) is 16.8 Å². The van der Waals surface area contributed by atoms with Crippen LogP contribution in [0.5, 0.6) is 5.75 Å². The number of anilines is 1. The fourth-order valence-electron chi connectivity index (χ4n) is 2.92. The molecule has 0 spiro atoms. The first kappa shape index (κ1) is 22.6. The molecule has 0 atom stereocenters. The molecule has 9 heteroatoms. The number of rotatable bonds is 5. The van der Waals surface area contributed by atoms with Gasteiger partial charge in [-0.1, -0.05) is 38.4 Å². The Labute approximate surface area is 184 Å². The fourth-order valence-corrected chi connectivity index (χ4v) is 3.10. The highest BCUT2D eigenvalue weighted by Crippen LogP contribution is 2.26. The molecule has 0 aliphatic heterocycles. The highest BCUT2D eigenvalue weighted by Gasteiger charge is 2.21. The lowest BCUT2D eigenvalue weighted by molar-refractivity contribution is 0.251. The molecular formula is C22H23ClF2N4O2. The van der Waals surface area contributed by atoms with Crippen molar-refractivity contribution in [2.24, 2.45) is 0 Å². The van der Waals surface area contributed by atoms with Gasteiger partial charge in [-0.2, -0.15) is 5.10 Å². The van der Waals surface area contributed by atoms with Gasteiger partial charge >= 0.3 is 6.03 Å². The smallest absolute Gasteiger partial charge is 0.319 e. The van der Waals surface area contributed by atoms with Crippen LogP contribution in [0.2, 0.25) is 5.02 Å². The van der Waals surface area contributed by atoms with E-state index in [-0.39, 0.29) is 17.6 Å². The lowest BCUT2D eigenvalue weighted by Crippen LogP contribution is -2.29. The van der Waals surface area contributed by atoms with Crippen molar-refractivity contribution in [3.05, 3.63) is 70.5 Å². The van der Waals surface area contributed by atoms with Crippen LogP contribution < -0.4 is 15.4 Å². The van der Waals surface area contributed by atoms with E-state index in [1.807, 2.05) is 39.0 Å². The predicted octanol–water partition coefficient (Wildman–Crippen LogP) is 5.43. The first-order valence-corrected chi connectivity index (χ1v) is 9.89. The number of carbonyl (C=O) groups excluding carboxylic acids is 1. The summed E-state index contributed by atoms with van der Waals surface area (Å²) in [6.07, 6.45) is 0. The van der Waals surface area contributed by atoms with Gasteiger partial charge in [0.1, 0.15) is 0 Å². The Hall–Kier alpha value is -3.13. The second kappa shape index (κ2) is 8.93. The number of nitrogens with zero attached hydrogens (tertiary/aromatic N) is 2. The summed E-state index contributed by atoms with van der Waals surface area (Å²) in [6, 6.07) is 10.4. The molecule has 6 nitrogen and oxygen atoms in total. The Bertz CT molecular complexity index is 1090. The molecule has 0 radical (unpaired) electrons. The van der Waals surface area contributed by atoms with Crippen molar-refractivity contribution in [2.45, 2.75) is 32.7 Å². The molecule has 2 aromatic carbocycles. The van der Waals surface area contributed by atoms with Crippen LogP contribution in [0.1, 0.15) is 32.2 Å². The number of halogens is 3. The third kappa shape index (κ3) is 5.32. The summed E-state index contributed by atoms with van der Waals surface area (Å²) in [4.78, 5) is 12.3. The zero-order valence-corrected chi connectivity index (χ0v) is 18.3. The molecule has 0 fully saturated rings. The topological polar surface area (TPSA) is 68.2 Å². The number of hydrogen-bond donors (Lipinski definition) is 2. The zero-order valence-electron chi connectivity index (χ0n) is 17.6. The van der Waals surface area contributed by atoms with E-state index in [0.717, 1.165) is 36.3 Å². The minimum absolute atomic E-state index is 0.0352. The summed E-state index contributed by atoms with van der Waals surface area (Å²) in [6.45, 7) is 6.24. The molecule has 1 heterocycles. The summed E-state index contributed by atoms with van der Waals surface area (Å²) in [5.41, 5.74) is 2.06. The van der Waals surface area contributed by atoms with Crippen LogP contribution in [-0.4, -0.2) is 22.9 Å². The average molecular weight is 449 g/mol. The Morgan fingerprint density at radius 2 is 1.84 bits per heavy atom. The number of urea groups is 1. The molecule has 0 aliphatic rings. The van der Waals surface area contributed by atoms with E-state index in [9.17, 15) is 13.6 Å². The zero-order chi connectivity index (χ0) is 22.8. The van der Waals surface area contributed by atoms with E-state index in [2.05, 4.69) is 20.5 Å². The Balaban J connectivity index is 1.79. The van der Waals surface area contributed by atoms with Gasteiger partial charge in [0.25, 0.3) is 0 Å². The predicted molar refractivity (Wildman–Crippen MR) is 116 cm³/mol. The number of amides is 2. The fraction of sp³-hybridized carbons (Fsp3) is 0.273. The second-order valence-electron chi connectivity index (χ2n) is 7.94. The lowest BCUT2D eigenvalue weighted by Gasteiger charge is -2.14. The highest BCUT2D eigenvalue weighted by molar-refractivity contribution is 6.30. The van der Waals surface area contributed by atoms with Crippen molar-refractivity contribution in [1.29, 1.82) is 0 Å². The van der Waals surface area contributed by atoms with Crippen molar-refractivity contribution >= 4 is 23.3 Å². The summed E-state index contributed by atoms with van der Waals surface area (Å²) in [5.74, 6) is -2.33. The van der Waals surface area contributed by atoms with E-state index < -0.39 is 23.4 Å². The summed E-state index contributed by atoms with van der Waals surface area (Å²) < 4.78 is 34.0. The maximum absolute atomic E-state index is 13.8. The Kier molecular flexibility index (Phi) is 6.50. The quantitative estimate of drug-likeness (QED) is 0.546. The lowest BCUT2D eigenvalue weighted by atomic mass is 9.92. The van der Waals surface area contributed by atoms with E-state index in [4.69, 9.17) is 11.6 Å². The van der Waals surface area contributed by atoms with Crippen LogP contribution in [0.15, 0.2) is 42.5 Å². The number of benzene rings is 2. The average Bonchev–Trinajstić information content (AvgIpc) is 3.11. The van der Waals surface area contributed by atoms with Gasteiger partial charge in [0, 0.05) is 28.3 Å². The van der Waals surface area contributed by atoms with Gasteiger partial charge in [-0.15, -0.1) is 0 Å². The number of nitrogens with one attached hydrogen (secondary N) is 2. The number of ether oxygens (including phenoxy) is 1. The van der Waals surface area contributed by atoms with Crippen molar-refractivity contribution in [3.63, 3.8) is 0 Å². The van der Waals surface area contributed by atoms with Crippen LogP contribution in [-0.2, 0) is 12.0 Å². The minimum atomic E-state index is -0.911. The third-order valence-electron chi connectivity index (χ3n) is 4.49. The number of methoxy groups -OCH3 is 1. The molecule has 164 valence electrons. The van der Waals surface area contributed by atoms with Gasteiger partial charge < -0.3 is 15.4 Å². The molecule has 31 heavy (non-hydrogen) atoms. The van der Waals surface area contributed by atoms with Gasteiger partial charge in [0.15, 0.2) is 17.4 Å². The molecule has 3 aromatic rings. The standard InChI is InChI=1S/C22H23ClF2N4O2/c1-22(2,3)19-11-16(29(28-19)15-7-5-6-13(23)8-15)12-26-21(30)27-14-9-17(24)20(31-4)18(25)10-14/h5-11H,12H2,1-4H3,(H2,26,27,30). The molecule has 2 amide bonds. The maximum atomic E-state index is 13.8.